The number of ether oxygens (including phenoxy) is 1. The van der Waals surface area contributed by atoms with Crippen molar-refractivity contribution in [2.75, 3.05) is 24.3 Å². The van der Waals surface area contributed by atoms with E-state index in [0.29, 0.717) is 34.5 Å². The molecule has 2 aromatic carbocycles. The van der Waals surface area contributed by atoms with Gasteiger partial charge in [0.05, 0.1) is 19.2 Å². The maximum Gasteiger partial charge on any atom is 0.325 e. The number of hydrogen-bond acceptors (Lipinski definition) is 5. The van der Waals surface area contributed by atoms with Crippen LogP contribution in [0.15, 0.2) is 53.9 Å². The number of nitrogens with zero attached hydrogens (tertiary/aromatic N) is 1. The predicted molar refractivity (Wildman–Crippen MR) is 120 cm³/mol. The van der Waals surface area contributed by atoms with E-state index in [4.69, 9.17) is 16.3 Å². The van der Waals surface area contributed by atoms with Crippen molar-refractivity contribution in [2.24, 2.45) is 0 Å². The average Bonchev–Trinajstić information content (AvgIpc) is 3.16. The maximum absolute atomic E-state index is 12.1. The van der Waals surface area contributed by atoms with E-state index in [9.17, 15) is 9.59 Å². The molecule has 0 spiro atoms. The zero-order chi connectivity index (χ0) is 21.3. The standard InChI is InChI=1S/C21H21ClN4O3S/c1-29-18-4-2-3-14(11-18)9-10-23-19(27)12-17-13-30-21(25-17)26-20(28)24-16-7-5-15(22)6-8-16/h2-8,11,13H,9-10,12H2,1H3,(H,23,27)(H2,24,25,26,28). The highest BCUT2D eigenvalue weighted by molar-refractivity contribution is 7.14. The second-order valence-electron chi connectivity index (χ2n) is 6.36. The quantitative estimate of drug-likeness (QED) is 0.481. The number of anilines is 2. The lowest BCUT2D eigenvalue weighted by atomic mass is 10.1. The van der Waals surface area contributed by atoms with E-state index in [-0.39, 0.29) is 12.3 Å². The van der Waals surface area contributed by atoms with Gasteiger partial charge in [0.2, 0.25) is 5.91 Å². The van der Waals surface area contributed by atoms with Crippen molar-refractivity contribution in [3.8, 4) is 5.75 Å². The highest BCUT2D eigenvalue weighted by Crippen LogP contribution is 2.18. The van der Waals surface area contributed by atoms with Gasteiger partial charge in [0.1, 0.15) is 5.75 Å². The lowest BCUT2D eigenvalue weighted by Crippen LogP contribution is -2.27. The Labute approximate surface area is 183 Å². The minimum Gasteiger partial charge on any atom is -0.497 e. The van der Waals surface area contributed by atoms with Gasteiger partial charge in [0.25, 0.3) is 0 Å². The molecule has 0 fully saturated rings. The van der Waals surface area contributed by atoms with Crippen molar-refractivity contribution in [1.82, 2.24) is 10.3 Å². The van der Waals surface area contributed by atoms with Crippen LogP contribution < -0.4 is 20.7 Å². The molecule has 0 radical (unpaired) electrons. The highest BCUT2D eigenvalue weighted by atomic mass is 35.5. The molecule has 0 atom stereocenters. The number of carbonyl (C=O) groups excluding carboxylic acids is 2. The van der Waals surface area contributed by atoms with Gasteiger partial charge in [0.15, 0.2) is 5.13 Å². The van der Waals surface area contributed by atoms with Crippen molar-refractivity contribution in [3.63, 3.8) is 0 Å². The minimum absolute atomic E-state index is 0.125. The number of nitrogens with one attached hydrogen (secondary N) is 3. The number of carbonyl (C=O) groups is 2. The SMILES string of the molecule is COc1cccc(CCNC(=O)Cc2csc(NC(=O)Nc3ccc(Cl)cc3)n2)c1. The van der Waals surface area contributed by atoms with Crippen molar-refractivity contribution in [3.05, 3.63) is 70.2 Å². The maximum atomic E-state index is 12.1. The summed E-state index contributed by atoms with van der Waals surface area (Å²) in [6.07, 6.45) is 0.854. The third-order valence-electron chi connectivity index (χ3n) is 4.09. The molecular weight excluding hydrogens is 424 g/mol. The lowest BCUT2D eigenvalue weighted by Gasteiger charge is -2.06. The van der Waals surface area contributed by atoms with E-state index in [1.54, 1.807) is 36.8 Å². The van der Waals surface area contributed by atoms with Crippen molar-refractivity contribution >= 4 is 45.7 Å². The molecule has 0 bridgehead atoms. The van der Waals surface area contributed by atoms with Crippen LogP contribution in [0.2, 0.25) is 5.02 Å². The first kappa shape index (κ1) is 21.6. The largest absolute Gasteiger partial charge is 0.497 e. The molecule has 3 aromatic rings. The van der Waals surface area contributed by atoms with E-state index in [1.165, 1.54) is 11.3 Å². The van der Waals surface area contributed by atoms with E-state index in [0.717, 1.165) is 11.3 Å². The number of methoxy groups -OCH3 is 1. The smallest absolute Gasteiger partial charge is 0.325 e. The molecule has 30 heavy (non-hydrogen) atoms. The van der Waals surface area contributed by atoms with Crippen LogP contribution in [0.4, 0.5) is 15.6 Å². The summed E-state index contributed by atoms with van der Waals surface area (Å²) in [7, 11) is 1.62. The average molecular weight is 445 g/mol. The normalized spacial score (nSPS) is 10.3. The number of hydrogen-bond donors (Lipinski definition) is 3. The Morgan fingerprint density at radius 1 is 1.13 bits per heavy atom. The molecule has 1 heterocycles. The number of rotatable bonds is 8. The molecule has 0 aliphatic rings. The molecule has 0 unspecified atom stereocenters. The summed E-state index contributed by atoms with van der Waals surface area (Å²) in [5.41, 5.74) is 2.30. The molecule has 0 aliphatic heterocycles. The molecule has 3 N–H and O–H groups in total. The van der Waals surface area contributed by atoms with Crippen LogP contribution in [0.3, 0.4) is 0 Å². The van der Waals surface area contributed by atoms with Gasteiger partial charge in [-0.15, -0.1) is 11.3 Å². The summed E-state index contributed by atoms with van der Waals surface area (Å²) in [6.45, 7) is 0.519. The molecule has 3 amide bonds. The molecule has 0 saturated heterocycles. The predicted octanol–water partition coefficient (Wildman–Crippen LogP) is 4.35. The van der Waals surface area contributed by atoms with E-state index in [2.05, 4.69) is 20.9 Å². The Kier molecular flexibility index (Phi) is 7.64. The Morgan fingerprint density at radius 2 is 1.93 bits per heavy atom. The van der Waals surface area contributed by atoms with E-state index in [1.807, 2.05) is 24.3 Å². The van der Waals surface area contributed by atoms with Gasteiger partial charge in [-0.25, -0.2) is 9.78 Å². The summed E-state index contributed by atoms with van der Waals surface area (Å²) in [5.74, 6) is 0.668. The van der Waals surface area contributed by atoms with Gasteiger partial charge in [0, 0.05) is 22.6 Å². The third-order valence-corrected chi connectivity index (χ3v) is 5.14. The second kappa shape index (κ2) is 10.6. The third kappa shape index (κ3) is 6.75. The Hall–Kier alpha value is -3.10. The summed E-state index contributed by atoms with van der Waals surface area (Å²) in [4.78, 5) is 28.5. The summed E-state index contributed by atoms with van der Waals surface area (Å²) < 4.78 is 5.19. The number of urea groups is 1. The van der Waals surface area contributed by atoms with E-state index >= 15 is 0 Å². The molecule has 3 rings (SSSR count). The first-order chi connectivity index (χ1) is 14.5. The molecule has 0 saturated carbocycles. The van der Waals surface area contributed by atoms with Crippen LogP contribution in [0, 0.1) is 0 Å². The number of benzene rings is 2. The fourth-order valence-electron chi connectivity index (χ4n) is 2.64. The van der Waals surface area contributed by atoms with Gasteiger partial charge in [-0.2, -0.15) is 0 Å². The number of amides is 3. The zero-order valence-electron chi connectivity index (χ0n) is 16.3. The molecule has 0 aliphatic carbocycles. The number of aromatic nitrogens is 1. The van der Waals surface area contributed by atoms with Crippen molar-refractivity contribution in [2.45, 2.75) is 12.8 Å². The molecule has 1 aromatic heterocycles. The van der Waals surface area contributed by atoms with Crippen molar-refractivity contribution in [1.29, 1.82) is 0 Å². The van der Waals surface area contributed by atoms with Crippen LogP contribution in [0.1, 0.15) is 11.3 Å². The Morgan fingerprint density at radius 3 is 2.70 bits per heavy atom. The lowest BCUT2D eigenvalue weighted by molar-refractivity contribution is -0.120. The first-order valence-corrected chi connectivity index (χ1v) is 10.4. The van der Waals surface area contributed by atoms with Crippen LogP contribution in [-0.4, -0.2) is 30.6 Å². The Bertz CT molecular complexity index is 1010. The number of halogens is 1. The fraction of sp³-hybridized carbons (Fsp3) is 0.190. The van der Waals surface area contributed by atoms with Crippen LogP contribution >= 0.6 is 22.9 Å². The van der Waals surface area contributed by atoms with Gasteiger partial charge in [-0.3, -0.25) is 10.1 Å². The topological polar surface area (TPSA) is 92.4 Å². The Balaban J connectivity index is 1.42. The monoisotopic (exact) mass is 444 g/mol. The van der Waals surface area contributed by atoms with Gasteiger partial charge >= 0.3 is 6.03 Å². The van der Waals surface area contributed by atoms with Gasteiger partial charge in [-0.05, 0) is 48.4 Å². The van der Waals surface area contributed by atoms with Gasteiger partial charge in [-0.1, -0.05) is 23.7 Å². The van der Waals surface area contributed by atoms with E-state index < -0.39 is 6.03 Å². The molecule has 9 heteroatoms. The molecule has 156 valence electrons. The van der Waals surface area contributed by atoms with Crippen molar-refractivity contribution < 1.29 is 14.3 Å². The van der Waals surface area contributed by atoms with Gasteiger partial charge < -0.3 is 15.4 Å². The summed E-state index contributed by atoms with van der Waals surface area (Å²) >= 11 is 7.08. The van der Waals surface area contributed by atoms with Crippen LogP contribution in [0.5, 0.6) is 5.75 Å². The van der Waals surface area contributed by atoms with Crippen LogP contribution in [-0.2, 0) is 17.6 Å². The highest BCUT2D eigenvalue weighted by Gasteiger charge is 2.10. The summed E-state index contributed by atoms with van der Waals surface area (Å²) in [5, 5.41) is 11.0. The summed E-state index contributed by atoms with van der Waals surface area (Å²) in [6, 6.07) is 14.1. The minimum atomic E-state index is -0.416. The fourth-order valence-corrected chi connectivity index (χ4v) is 3.47. The molecule has 7 nitrogen and oxygen atoms in total. The first-order valence-electron chi connectivity index (χ1n) is 9.19. The second-order valence-corrected chi connectivity index (χ2v) is 7.65. The molecular formula is C21H21ClN4O3S. The number of thiazole rings is 1. The van der Waals surface area contributed by atoms with Crippen LogP contribution in [0.25, 0.3) is 0 Å². The zero-order valence-corrected chi connectivity index (χ0v) is 17.8.